The van der Waals surface area contributed by atoms with Gasteiger partial charge in [-0.15, -0.1) is 4.99 Å². The molecule has 0 aliphatic carbocycles. The van der Waals surface area contributed by atoms with E-state index in [4.69, 9.17) is 10.5 Å². The molecule has 0 fully saturated rings. The number of benzene rings is 3. The van der Waals surface area contributed by atoms with Gasteiger partial charge in [0.1, 0.15) is 12.6 Å². The van der Waals surface area contributed by atoms with E-state index in [2.05, 4.69) is 16.8 Å². The van der Waals surface area contributed by atoms with Crippen molar-refractivity contribution in [1.29, 1.82) is 0 Å². The third-order valence-corrected chi connectivity index (χ3v) is 4.68. The van der Waals surface area contributed by atoms with Crippen LogP contribution in [0, 0.1) is 18.8 Å². The number of carbonyl (C=O) groups is 1. The second kappa shape index (κ2) is 10.7. The summed E-state index contributed by atoms with van der Waals surface area (Å²) in [6, 6.07) is 26.8. The van der Waals surface area contributed by atoms with Gasteiger partial charge in [-0.3, -0.25) is 0 Å². The summed E-state index contributed by atoms with van der Waals surface area (Å²) in [5.74, 6) is 6.46. The minimum Gasteiger partial charge on any atom is -0.443 e. The maximum absolute atomic E-state index is 12.2. The minimum atomic E-state index is -0.744. The SMILES string of the molecule is Cc1ccc(C(C#Cc2ccccc2)N(C)/C(N)=N/C(=O)OCc2ccccc2)cc1. The number of nitrogens with zero attached hydrogens (tertiary/aromatic N) is 2. The lowest BCUT2D eigenvalue weighted by molar-refractivity contribution is 0.150. The van der Waals surface area contributed by atoms with E-state index in [1.807, 2.05) is 91.9 Å². The number of aliphatic imine (C=N–C) groups is 1. The summed E-state index contributed by atoms with van der Waals surface area (Å²) in [6.45, 7) is 2.16. The molecule has 1 unspecified atom stereocenters. The molecule has 0 bridgehead atoms. The fourth-order valence-corrected chi connectivity index (χ4v) is 2.88. The predicted molar refractivity (Wildman–Crippen MR) is 123 cm³/mol. The Labute approximate surface area is 183 Å². The Hall–Kier alpha value is -4.04. The number of nitrogens with two attached hydrogens (primary N) is 1. The summed E-state index contributed by atoms with van der Waals surface area (Å²) in [5.41, 5.74) is 10.0. The molecule has 2 N–H and O–H groups in total. The first-order valence-electron chi connectivity index (χ1n) is 9.94. The van der Waals surface area contributed by atoms with Crippen LogP contribution in [-0.2, 0) is 11.3 Å². The van der Waals surface area contributed by atoms with Crippen molar-refractivity contribution in [2.24, 2.45) is 10.7 Å². The van der Waals surface area contributed by atoms with Crippen LogP contribution < -0.4 is 5.73 Å². The zero-order valence-electron chi connectivity index (χ0n) is 17.7. The first-order chi connectivity index (χ1) is 15.0. The second-order valence-electron chi connectivity index (χ2n) is 7.07. The monoisotopic (exact) mass is 411 g/mol. The quantitative estimate of drug-likeness (QED) is 0.385. The number of hydrogen-bond donors (Lipinski definition) is 1. The second-order valence-corrected chi connectivity index (χ2v) is 7.07. The molecule has 5 nitrogen and oxygen atoms in total. The highest BCUT2D eigenvalue weighted by atomic mass is 16.5. The molecule has 0 radical (unpaired) electrons. The summed E-state index contributed by atoms with van der Waals surface area (Å²) < 4.78 is 5.21. The maximum atomic E-state index is 12.2. The summed E-state index contributed by atoms with van der Waals surface area (Å²) >= 11 is 0. The molecule has 0 saturated carbocycles. The number of rotatable bonds is 4. The Balaban J connectivity index is 1.78. The van der Waals surface area contributed by atoms with Gasteiger partial charge in [0.15, 0.2) is 0 Å². The lowest BCUT2D eigenvalue weighted by Gasteiger charge is -2.25. The first kappa shape index (κ1) is 21.7. The highest BCUT2D eigenvalue weighted by molar-refractivity contribution is 5.89. The van der Waals surface area contributed by atoms with Crippen molar-refractivity contribution in [2.45, 2.75) is 19.6 Å². The van der Waals surface area contributed by atoms with Crippen LogP contribution in [0.3, 0.4) is 0 Å². The number of aryl methyl sites for hydroxylation is 1. The van der Waals surface area contributed by atoms with Gasteiger partial charge in [0, 0.05) is 12.6 Å². The van der Waals surface area contributed by atoms with Crippen LogP contribution in [0.1, 0.15) is 28.3 Å². The van der Waals surface area contributed by atoms with E-state index in [1.165, 1.54) is 0 Å². The van der Waals surface area contributed by atoms with Crippen LogP contribution in [0.5, 0.6) is 0 Å². The molecule has 31 heavy (non-hydrogen) atoms. The van der Waals surface area contributed by atoms with Gasteiger partial charge in [-0.25, -0.2) is 4.79 Å². The number of carbonyl (C=O) groups excluding carboxylic acids is 1. The molecular formula is C26H25N3O2. The fourth-order valence-electron chi connectivity index (χ4n) is 2.88. The molecule has 3 rings (SSSR count). The molecule has 1 amide bonds. The molecule has 0 spiro atoms. The molecule has 1 atom stereocenters. The first-order valence-corrected chi connectivity index (χ1v) is 9.94. The zero-order valence-corrected chi connectivity index (χ0v) is 17.7. The lowest BCUT2D eigenvalue weighted by atomic mass is 10.0. The molecule has 0 aliphatic heterocycles. The van der Waals surface area contributed by atoms with Gasteiger partial charge >= 0.3 is 6.09 Å². The van der Waals surface area contributed by atoms with E-state index < -0.39 is 6.09 Å². The molecule has 3 aromatic rings. The summed E-state index contributed by atoms with van der Waals surface area (Å²) in [4.78, 5) is 17.7. The molecule has 0 heterocycles. The predicted octanol–water partition coefficient (Wildman–Crippen LogP) is 4.67. The van der Waals surface area contributed by atoms with Gasteiger partial charge in [-0.1, -0.05) is 90.2 Å². The van der Waals surface area contributed by atoms with Crippen LogP contribution in [0.2, 0.25) is 0 Å². The van der Waals surface area contributed by atoms with Gasteiger partial charge < -0.3 is 15.4 Å². The van der Waals surface area contributed by atoms with Gasteiger partial charge in [0.2, 0.25) is 5.96 Å². The molecular weight excluding hydrogens is 386 g/mol. The number of guanidine groups is 1. The van der Waals surface area contributed by atoms with Crippen molar-refractivity contribution < 1.29 is 9.53 Å². The highest BCUT2D eigenvalue weighted by Gasteiger charge is 2.18. The molecule has 5 heteroatoms. The fraction of sp³-hybridized carbons (Fsp3) is 0.154. The Morgan fingerprint density at radius 3 is 2.26 bits per heavy atom. The summed E-state index contributed by atoms with van der Waals surface area (Å²) in [6.07, 6.45) is -0.744. The van der Waals surface area contributed by atoms with E-state index >= 15 is 0 Å². The third kappa shape index (κ3) is 6.48. The molecule has 0 aliphatic rings. The standard InChI is InChI=1S/C26H25N3O2/c1-20-13-16-23(17-14-20)24(18-15-21-9-5-3-6-10-21)29(2)25(27)28-26(30)31-19-22-11-7-4-8-12-22/h3-14,16-17,24H,19H2,1-2H3,(H2,27,28,30). The minimum absolute atomic E-state index is 0.0333. The highest BCUT2D eigenvalue weighted by Crippen LogP contribution is 2.19. The van der Waals surface area contributed by atoms with Crippen LogP contribution in [0.4, 0.5) is 4.79 Å². The lowest BCUT2D eigenvalue weighted by Crippen LogP contribution is -2.37. The van der Waals surface area contributed by atoms with Crippen molar-refractivity contribution >= 4 is 12.1 Å². The maximum Gasteiger partial charge on any atom is 0.437 e. The Kier molecular flexibility index (Phi) is 7.45. The van der Waals surface area contributed by atoms with Gasteiger partial charge in [-0.2, -0.15) is 0 Å². The molecule has 0 aromatic heterocycles. The Morgan fingerprint density at radius 1 is 1.00 bits per heavy atom. The Bertz CT molecular complexity index is 1080. The largest absolute Gasteiger partial charge is 0.443 e. The van der Waals surface area contributed by atoms with Gasteiger partial charge in [0.05, 0.1) is 0 Å². The van der Waals surface area contributed by atoms with Crippen LogP contribution in [0.25, 0.3) is 0 Å². The van der Waals surface area contributed by atoms with E-state index in [-0.39, 0.29) is 18.6 Å². The number of hydrogen-bond acceptors (Lipinski definition) is 2. The van der Waals surface area contributed by atoms with Crippen molar-refractivity contribution in [3.8, 4) is 11.8 Å². The topological polar surface area (TPSA) is 67.9 Å². The van der Waals surface area contributed by atoms with Gasteiger partial charge in [0.25, 0.3) is 0 Å². The average molecular weight is 412 g/mol. The smallest absolute Gasteiger partial charge is 0.437 e. The normalized spacial score (nSPS) is 11.7. The average Bonchev–Trinajstić information content (AvgIpc) is 2.80. The molecule has 3 aromatic carbocycles. The van der Waals surface area contributed by atoms with Crippen molar-refractivity contribution in [3.05, 3.63) is 107 Å². The van der Waals surface area contributed by atoms with E-state index in [0.717, 1.165) is 22.3 Å². The van der Waals surface area contributed by atoms with E-state index in [9.17, 15) is 4.79 Å². The molecule has 0 saturated heterocycles. The number of amides is 1. The summed E-state index contributed by atoms with van der Waals surface area (Å²) in [7, 11) is 1.76. The van der Waals surface area contributed by atoms with Gasteiger partial charge in [-0.05, 0) is 30.2 Å². The molecule has 156 valence electrons. The van der Waals surface area contributed by atoms with Crippen molar-refractivity contribution in [2.75, 3.05) is 7.05 Å². The van der Waals surface area contributed by atoms with Crippen molar-refractivity contribution in [3.63, 3.8) is 0 Å². The Morgan fingerprint density at radius 2 is 1.61 bits per heavy atom. The van der Waals surface area contributed by atoms with Crippen LogP contribution in [0.15, 0.2) is 89.9 Å². The van der Waals surface area contributed by atoms with E-state index in [0.29, 0.717) is 0 Å². The summed E-state index contributed by atoms with van der Waals surface area (Å²) in [5, 5.41) is 0. The van der Waals surface area contributed by atoms with Crippen LogP contribution in [-0.4, -0.2) is 24.0 Å². The van der Waals surface area contributed by atoms with E-state index in [1.54, 1.807) is 11.9 Å². The van der Waals surface area contributed by atoms with Crippen LogP contribution >= 0.6 is 0 Å². The zero-order chi connectivity index (χ0) is 22.1. The van der Waals surface area contributed by atoms with Crippen molar-refractivity contribution in [1.82, 2.24) is 4.90 Å². The number of ether oxygens (including phenoxy) is 1. The third-order valence-electron chi connectivity index (χ3n) is 4.68.